The molecule has 0 aliphatic carbocycles. The van der Waals surface area contributed by atoms with Crippen molar-refractivity contribution in [1.82, 2.24) is 23.7 Å². The first-order valence-electron chi connectivity index (χ1n) is 17.3. The maximum atomic E-state index is 7.05. The molecule has 0 radical (unpaired) electrons. The van der Waals surface area contributed by atoms with Crippen LogP contribution in [0.5, 0.6) is 0 Å². The van der Waals surface area contributed by atoms with E-state index >= 15 is 0 Å². The second-order valence-electron chi connectivity index (χ2n) is 16.1. The van der Waals surface area contributed by atoms with Crippen LogP contribution in [-0.2, 0) is 45.3 Å². The van der Waals surface area contributed by atoms with Gasteiger partial charge < -0.3 is 5.73 Å². The molecule has 12 heteroatoms. The van der Waals surface area contributed by atoms with Gasteiger partial charge in [0, 0.05) is 22.3 Å². The quantitative estimate of drug-likeness (QED) is 0.102. The minimum atomic E-state index is -0.258. The molecule has 0 saturated carbocycles. The number of aromatic nitrogens is 5. The Morgan fingerprint density at radius 3 is 2.04 bits per heavy atom. The van der Waals surface area contributed by atoms with Crippen molar-refractivity contribution in [2.75, 3.05) is 5.73 Å². The summed E-state index contributed by atoms with van der Waals surface area (Å²) in [7, 11) is 0. The van der Waals surface area contributed by atoms with Crippen LogP contribution in [0.1, 0.15) is 143 Å². The van der Waals surface area contributed by atoms with Crippen LogP contribution in [0.15, 0.2) is 13.1 Å². The molecule has 0 fully saturated rings. The van der Waals surface area contributed by atoms with Gasteiger partial charge in [0.05, 0.1) is 35.3 Å². The molecule has 1 aliphatic heterocycles. The second kappa shape index (κ2) is 13.8. The zero-order chi connectivity index (χ0) is 35.2. The van der Waals surface area contributed by atoms with Crippen LogP contribution in [0, 0.1) is 5.92 Å². The van der Waals surface area contributed by atoms with Crippen LogP contribution in [0.25, 0.3) is 22.1 Å². The van der Waals surface area contributed by atoms with Gasteiger partial charge in [0.15, 0.2) is 0 Å². The summed E-state index contributed by atoms with van der Waals surface area (Å²) in [4.78, 5) is 1.93. The van der Waals surface area contributed by atoms with Crippen molar-refractivity contribution in [1.29, 1.82) is 0 Å². The van der Waals surface area contributed by atoms with Crippen LogP contribution >= 0.6 is 11.7 Å². The van der Waals surface area contributed by atoms with E-state index in [1.165, 1.54) is 53.5 Å². The Hall–Kier alpha value is -2.83. The molecule has 48 heavy (non-hydrogen) atoms. The maximum absolute atomic E-state index is 7.05. The summed E-state index contributed by atoms with van der Waals surface area (Å²) in [5.41, 5.74) is 17.8. The van der Waals surface area contributed by atoms with Crippen LogP contribution in [-0.4, -0.2) is 29.6 Å². The van der Waals surface area contributed by atoms with Crippen LogP contribution in [0.4, 0.5) is 22.7 Å². The SMILES string of the molecule is C=S=Nc1c(N)c(C(C)(C)C)c2nn(CC(CC)CCCC)nc2c1C(C)CCC(C)(C)c1c2c(c(C(C)(C)C)c3nsnc13)N=S=N2. The Morgan fingerprint density at radius 1 is 0.854 bits per heavy atom. The molecule has 1 aliphatic rings. The first-order chi connectivity index (χ1) is 22.5. The lowest BCUT2D eigenvalue weighted by atomic mass is 9.74. The first-order valence-corrected chi connectivity index (χ1v) is 19.7. The highest BCUT2D eigenvalue weighted by molar-refractivity contribution is 7.66. The summed E-state index contributed by atoms with van der Waals surface area (Å²) in [5.74, 6) is 4.63. The Labute approximate surface area is 297 Å². The van der Waals surface area contributed by atoms with E-state index in [0.717, 1.165) is 87.2 Å². The fraction of sp³-hybridized carbons (Fsp3) is 0.639. The highest BCUT2D eigenvalue weighted by Crippen LogP contribution is 2.53. The van der Waals surface area contributed by atoms with Gasteiger partial charge >= 0.3 is 0 Å². The van der Waals surface area contributed by atoms with Crippen molar-refractivity contribution >= 4 is 84.9 Å². The van der Waals surface area contributed by atoms with Gasteiger partial charge in [-0.15, -0.1) is 0 Å². The average Bonchev–Trinajstić information content (AvgIpc) is 3.75. The van der Waals surface area contributed by atoms with Gasteiger partial charge in [-0.3, -0.25) is 0 Å². The highest BCUT2D eigenvalue weighted by atomic mass is 32.1. The zero-order valence-corrected chi connectivity index (χ0v) is 33.1. The Bertz CT molecular complexity index is 1960. The van der Waals surface area contributed by atoms with Gasteiger partial charge in [-0.2, -0.15) is 36.8 Å². The van der Waals surface area contributed by atoms with Crippen molar-refractivity contribution in [3.63, 3.8) is 0 Å². The van der Waals surface area contributed by atoms with E-state index in [0.29, 0.717) is 11.6 Å². The largest absolute Gasteiger partial charge is 0.397 e. The molecular formula is C36H53N9S3. The van der Waals surface area contributed by atoms with Crippen molar-refractivity contribution in [3.05, 3.63) is 22.3 Å². The average molecular weight is 708 g/mol. The summed E-state index contributed by atoms with van der Waals surface area (Å²) in [6.07, 6.45) is 6.44. The number of hydrogen-bond donors (Lipinski definition) is 1. The third-order valence-corrected chi connectivity index (χ3v) is 11.2. The van der Waals surface area contributed by atoms with Gasteiger partial charge in [0.2, 0.25) is 0 Å². The standard InChI is InChI=1S/C36H53N9S3/c1-13-15-16-21(14-2)19-45-38-28-22(27(40-46-12)26(37)23(29(28)39-45)34(4,5)6)20(3)17-18-36(10,11)25-32-30(41-47-43-32)24(35(7,8)9)31-33(25)44-48-42-31/h20-21H,12-19,37H2,1-11H3. The second-order valence-corrected chi connectivity index (χ2v) is 17.6. The molecule has 3 heterocycles. The normalized spacial score (nSPS) is 14.8. The number of benzene rings is 2. The van der Waals surface area contributed by atoms with E-state index in [1.807, 2.05) is 4.80 Å². The van der Waals surface area contributed by atoms with Crippen molar-refractivity contribution in [2.45, 2.75) is 143 Å². The van der Waals surface area contributed by atoms with Gasteiger partial charge in [0.1, 0.15) is 39.1 Å². The van der Waals surface area contributed by atoms with Crippen LogP contribution < -0.4 is 5.73 Å². The summed E-state index contributed by atoms with van der Waals surface area (Å²) in [6.45, 7) is 25.4. The van der Waals surface area contributed by atoms with E-state index in [-0.39, 0.29) is 22.2 Å². The van der Waals surface area contributed by atoms with Gasteiger partial charge in [0.25, 0.3) is 0 Å². The molecule has 260 valence electrons. The molecule has 2 atom stereocenters. The number of nitrogen functional groups attached to an aromatic ring is 1. The highest BCUT2D eigenvalue weighted by Gasteiger charge is 2.37. The Kier molecular flexibility index (Phi) is 10.5. The number of fused-ring (bicyclic) bond motifs is 3. The van der Waals surface area contributed by atoms with E-state index in [2.05, 4.69) is 82.0 Å². The minimum Gasteiger partial charge on any atom is -0.397 e. The van der Waals surface area contributed by atoms with Gasteiger partial charge in [-0.05, 0) is 53.2 Å². The first kappa shape index (κ1) is 36.5. The molecule has 0 amide bonds. The summed E-state index contributed by atoms with van der Waals surface area (Å²) >= 11 is 3.74. The molecule has 0 spiro atoms. The lowest BCUT2D eigenvalue weighted by Gasteiger charge is -2.31. The number of nitrogens with zero attached hydrogens (tertiary/aromatic N) is 8. The van der Waals surface area contributed by atoms with Crippen LogP contribution in [0.3, 0.4) is 0 Å². The predicted octanol–water partition coefficient (Wildman–Crippen LogP) is 10.7. The number of anilines is 1. The maximum Gasteiger partial charge on any atom is 0.119 e. The molecular weight excluding hydrogens is 655 g/mol. The van der Waals surface area contributed by atoms with Gasteiger partial charge in [-0.25, -0.2) is 0 Å². The summed E-state index contributed by atoms with van der Waals surface area (Å²) in [6, 6.07) is 0. The monoisotopic (exact) mass is 707 g/mol. The molecule has 4 aromatic rings. The molecule has 0 saturated heterocycles. The number of rotatable bonds is 12. The lowest BCUT2D eigenvalue weighted by Crippen LogP contribution is -2.21. The molecule has 9 nitrogen and oxygen atoms in total. The lowest BCUT2D eigenvalue weighted by molar-refractivity contribution is 0.351. The zero-order valence-electron chi connectivity index (χ0n) is 30.7. The predicted molar refractivity (Wildman–Crippen MR) is 209 cm³/mol. The molecule has 2 aromatic heterocycles. The Morgan fingerprint density at radius 2 is 1.46 bits per heavy atom. The number of nitrogens with two attached hydrogens (primary N) is 1. The minimum absolute atomic E-state index is 0.100. The summed E-state index contributed by atoms with van der Waals surface area (Å²) in [5, 5.41) is 10.4. The summed E-state index contributed by atoms with van der Waals surface area (Å²) < 4.78 is 24.2. The smallest absolute Gasteiger partial charge is 0.119 e. The van der Waals surface area contributed by atoms with Crippen molar-refractivity contribution in [2.24, 2.45) is 19.0 Å². The fourth-order valence-corrected chi connectivity index (χ4v) is 8.72. The van der Waals surface area contributed by atoms with E-state index in [1.54, 1.807) is 0 Å². The number of hydrogen-bond acceptors (Lipinski definition) is 9. The van der Waals surface area contributed by atoms with Gasteiger partial charge in [-0.1, -0.05) is 107 Å². The van der Waals surface area contributed by atoms with Crippen LogP contribution in [0.2, 0.25) is 0 Å². The van der Waals surface area contributed by atoms with Crippen molar-refractivity contribution in [3.8, 4) is 0 Å². The molecule has 0 bridgehead atoms. The van der Waals surface area contributed by atoms with E-state index in [4.69, 9.17) is 37.8 Å². The molecule has 2 aromatic carbocycles. The topological polar surface area (TPSA) is 120 Å². The third-order valence-electron chi connectivity index (χ3n) is 9.84. The number of unbranched alkanes of at least 4 members (excludes halogenated alkanes) is 1. The fourth-order valence-electron chi connectivity index (χ4n) is 7.28. The van der Waals surface area contributed by atoms with Crippen molar-refractivity contribution < 1.29 is 0 Å². The van der Waals surface area contributed by atoms with E-state index in [9.17, 15) is 0 Å². The Balaban J connectivity index is 1.60. The molecule has 2 unspecified atom stereocenters. The van der Waals surface area contributed by atoms with E-state index < -0.39 is 0 Å². The molecule has 2 N–H and O–H groups in total. The third kappa shape index (κ3) is 6.81. The molecule has 5 rings (SSSR count).